The van der Waals surface area contributed by atoms with Crippen molar-refractivity contribution in [3.8, 4) is 5.88 Å². The lowest BCUT2D eigenvalue weighted by atomic mass is 10.0. The molecule has 1 aliphatic rings. The van der Waals surface area contributed by atoms with E-state index in [1.54, 1.807) is 7.11 Å². The van der Waals surface area contributed by atoms with E-state index in [9.17, 15) is 0 Å². The molecule has 0 saturated carbocycles. The van der Waals surface area contributed by atoms with Crippen molar-refractivity contribution in [3.63, 3.8) is 0 Å². The lowest BCUT2D eigenvalue weighted by Gasteiger charge is -2.20. The van der Waals surface area contributed by atoms with Gasteiger partial charge in [-0.2, -0.15) is 5.10 Å². The Morgan fingerprint density at radius 2 is 2.27 bits per heavy atom. The van der Waals surface area contributed by atoms with Crippen LogP contribution in [-0.2, 0) is 18.3 Å². The van der Waals surface area contributed by atoms with Crippen LogP contribution in [0.3, 0.4) is 0 Å². The lowest BCUT2D eigenvalue weighted by molar-refractivity contribution is 0.0981. The fourth-order valence-electron chi connectivity index (χ4n) is 2.77. The number of hydrogen-bond acceptors (Lipinski definition) is 5. The van der Waals surface area contributed by atoms with Crippen molar-refractivity contribution in [1.29, 1.82) is 0 Å². The van der Waals surface area contributed by atoms with E-state index in [1.165, 1.54) is 11.3 Å². The molecule has 6 heteroatoms. The second-order valence-corrected chi connectivity index (χ2v) is 5.58. The monoisotopic (exact) mass is 302 g/mol. The van der Waals surface area contributed by atoms with Crippen LogP contribution in [0, 0.1) is 6.92 Å². The van der Waals surface area contributed by atoms with Crippen LogP contribution < -0.4 is 10.1 Å². The minimum Gasteiger partial charge on any atom is -0.481 e. The molecule has 0 bridgehead atoms. The van der Waals surface area contributed by atoms with Gasteiger partial charge in [-0.25, -0.2) is 4.98 Å². The first-order chi connectivity index (χ1) is 10.7. The topological polar surface area (TPSA) is 61.2 Å². The number of aromatic nitrogens is 3. The Bertz CT molecular complexity index is 624. The maximum absolute atomic E-state index is 5.88. The predicted molar refractivity (Wildman–Crippen MR) is 82.7 cm³/mol. The Morgan fingerprint density at radius 3 is 2.91 bits per heavy atom. The van der Waals surface area contributed by atoms with Gasteiger partial charge in [0.05, 0.1) is 19.4 Å². The summed E-state index contributed by atoms with van der Waals surface area (Å²) in [6, 6.07) is 4.18. The van der Waals surface area contributed by atoms with E-state index in [0.717, 1.165) is 25.1 Å². The van der Waals surface area contributed by atoms with E-state index < -0.39 is 0 Å². The highest BCUT2D eigenvalue weighted by molar-refractivity contribution is 5.22. The Labute approximate surface area is 130 Å². The van der Waals surface area contributed by atoms with E-state index in [1.807, 2.05) is 36.3 Å². The summed E-state index contributed by atoms with van der Waals surface area (Å²) in [5, 5.41) is 7.87. The molecule has 0 aromatic carbocycles. The van der Waals surface area contributed by atoms with Gasteiger partial charge in [-0.3, -0.25) is 4.68 Å². The van der Waals surface area contributed by atoms with Crippen molar-refractivity contribution in [2.45, 2.75) is 32.0 Å². The number of aryl methyl sites for hydroxylation is 1. The molecule has 2 aromatic heterocycles. The first-order valence-electron chi connectivity index (χ1n) is 7.51. The number of methoxy groups -OCH3 is 1. The second kappa shape index (κ2) is 6.46. The van der Waals surface area contributed by atoms with Crippen LogP contribution in [0.2, 0.25) is 0 Å². The summed E-state index contributed by atoms with van der Waals surface area (Å²) in [7, 11) is 3.58. The second-order valence-electron chi connectivity index (χ2n) is 5.58. The molecule has 2 atom stereocenters. The average Bonchev–Trinajstić information content (AvgIpc) is 3.14. The van der Waals surface area contributed by atoms with Crippen molar-refractivity contribution in [1.82, 2.24) is 20.1 Å². The van der Waals surface area contributed by atoms with Gasteiger partial charge < -0.3 is 14.8 Å². The number of rotatable bonds is 5. The van der Waals surface area contributed by atoms with E-state index >= 15 is 0 Å². The zero-order valence-corrected chi connectivity index (χ0v) is 13.2. The minimum absolute atomic E-state index is 0.0374. The fourth-order valence-corrected chi connectivity index (χ4v) is 2.77. The van der Waals surface area contributed by atoms with E-state index in [4.69, 9.17) is 9.47 Å². The molecule has 1 N–H and O–H groups in total. The fraction of sp³-hybridized carbons (Fsp3) is 0.500. The van der Waals surface area contributed by atoms with Crippen molar-refractivity contribution in [3.05, 3.63) is 41.3 Å². The summed E-state index contributed by atoms with van der Waals surface area (Å²) < 4.78 is 12.9. The van der Waals surface area contributed by atoms with Crippen LogP contribution in [0.1, 0.15) is 29.3 Å². The van der Waals surface area contributed by atoms with Crippen LogP contribution in [0.4, 0.5) is 0 Å². The third kappa shape index (κ3) is 2.98. The Balaban J connectivity index is 1.66. The largest absolute Gasteiger partial charge is 0.481 e. The Kier molecular flexibility index (Phi) is 4.40. The van der Waals surface area contributed by atoms with E-state index in [2.05, 4.69) is 22.3 Å². The van der Waals surface area contributed by atoms with Crippen molar-refractivity contribution < 1.29 is 9.47 Å². The van der Waals surface area contributed by atoms with Gasteiger partial charge in [0.1, 0.15) is 0 Å². The normalized spacial score (nSPS) is 21.2. The number of nitrogens with one attached hydrogen (secondary N) is 1. The van der Waals surface area contributed by atoms with Gasteiger partial charge in [0.2, 0.25) is 5.88 Å². The van der Waals surface area contributed by atoms with Gasteiger partial charge in [0, 0.05) is 55.3 Å². The predicted octanol–water partition coefficient (Wildman–Crippen LogP) is 1.75. The molecule has 118 valence electrons. The maximum atomic E-state index is 5.88. The van der Waals surface area contributed by atoms with Crippen LogP contribution in [0.25, 0.3) is 0 Å². The number of nitrogens with zero attached hydrogens (tertiary/aromatic N) is 3. The van der Waals surface area contributed by atoms with Crippen molar-refractivity contribution >= 4 is 0 Å². The summed E-state index contributed by atoms with van der Waals surface area (Å²) in [6.07, 6.45) is 4.78. The van der Waals surface area contributed by atoms with Gasteiger partial charge >= 0.3 is 0 Å². The lowest BCUT2D eigenvalue weighted by Crippen LogP contribution is -2.31. The molecule has 0 unspecified atom stereocenters. The molecular formula is C16H22N4O2. The molecular weight excluding hydrogens is 280 g/mol. The summed E-state index contributed by atoms with van der Waals surface area (Å²) in [4.78, 5) is 4.27. The zero-order valence-electron chi connectivity index (χ0n) is 13.2. The third-order valence-electron chi connectivity index (χ3n) is 4.28. The number of pyridine rings is 1. The quantitative estimate of drug-likeness (QED) is 0.912. The van der Waals surface area contributed by atoms with Gasteiger partial charge in [-0.15, -0.1) is 0 Å². The summed E-state index contributed by atoms with van der Waals surface area (Å²) in [5.74, 6) is 0.622. The number of ether oxygens (including phenoxy) is 2. The van der Waals surface area contributed by atoms with Gasteiger partial charge in [0.25, 0.3) is 0 Å². The molecule has 22 heavy (non-hydrogen) atoms. The summed E-state index contributed by atoms with van der Waals surface area (Å²) in [5.41, 5.74) is 3.49. The zero-order chi connectivity index (χ0) is 15.5. The molecule has 3 heterocycles. The highest BCUT2D eigenvalue weighted by Gasteiger charge is 2.29. The molecule has 1 saturated heterocycles. The van der Waals surface area contributed by atoms with Crippen molar-refractivity contribution in [2.24, 2.45) is 7.05 Å². The molecule has 0 radical (unpaired) electrons. The Hall–Kier alpha value is -1.92. The molecule has 2 aromatic rings. The minimum atomic E-state index is 0.0374. The molecule has 0 amide bonds. The van der Waals surface area contributed by atoms with Gasteiger partial charge in [0.15, 0.2) is 0 Å². The average molecular weight is 302 g/mol. The van der Waals surface area contributed by atoms with Crippen LogP contribution in [-0.4, -0.2) is 34.5 Å². The molecule has 3 rings (SSSR count). The van der Waals surface area contributed by atoms with Crippen molar-refractivity contribution in [2.75, 3.05) is 13.7 Å². The molecule has 6 nitrogen and oxygen atoms in total. The molecule has 1 aliphatic heterocycles. The van der Waals surface area contributed by atoms with E-state index in [-0.39, 0.29) is 12.1 Å². The molecule has 0 spiro atoms. The number of hydrogen-bond donors (Lipinski definition) is 1. The first-order valence-corrected chi connectivity index (χ1v) is 7.51. The highest BCUT2D eigenvalue weighted by Crippen LogP contribution is 2.29. The summed E-state index contributed by atoms with van der Waals surface area (Å²) in [6.45, 7) is 3.65. The SMILES string of the molecule is COc1ccc([C@H]2OCC[C@@H]2NCc2cnn(C)c2C)cn1. The van der Waals surface area contributed by atoms with Crippen LogP contribution >= 0.6 is 0 Å². The van der Waals surface area contributed by atoms with Gasteiger partial charge in [-0.05, 0) is 19.4 Å². The van der Waals surface area contributed by atoms with E-state index in [0.29, 0.717) is 5.88 Å². The standard InChI is InChI=1S/C16H22N4O2/c1-11-13(10-19-20(11)2)9-17-14-6-7-22-16(14)12-4-5-15(21-3)18-8-12/h4-5,8,10,14,16-17H,6-7,9H2,1-3H3/t14-,16+/m0/s1. The van der Waals surface area contributed by atoms with Crippen LogP contribution in [0.15, 0.2) is 24.5 Å². The Morgan fingerprint density at radius 1 is 1.41 bits per heavy atom. The summed E-state index contributed by atoms with van der Waals surface area (Å²) >= 11 is 0. The molecule has 1 fully saturated rings. The third-order valence-corrected chi connectivity index (χ3v) is 4.28. The van der Waals surface area contributed by atoms with Crippen LogP contribution in [0.5, 0.6) is 5.88 Å². The maximum Gasteiger partial charge on any atom is 0.212 e. The first kappa shape index (κ1) is 15.0. The highest BCUT2D eigenvalue weighted by atomic mass is 16.5. The smallest absolute Gasteiger partial charge is 0.212 e. The molecule has 0 aliphatic carbocycles. The van der Waals surface area contributed by atoms with Gasteiger partial charge in [-0.1, -0.05) is 0 Å².